The summed E-state index contributed by atoms with van der Waals surface area (Å²) in [6.45, 7) is 0. The van der Waals surface area contributed by atoms with Gasteiger partial charge in [-0.25, -0.2) is 9.07 Å². The molecule has 0 atom stereocenters. The summed E-state index contributed by atoms with van der Waals surface area (Å²) in [5.74, 6) is -1.62. The Bertz CT molecular complexity index is 570. The van der Waals surface area contributed by atoms with Crippen molar-refractivity contribution in [3.05, 3.63) is 40.9 Å². The van der Waals surface area contributed by atoms with Crippen molar-refractivity contribution in [2.45, 2.75) is 6.42 Å². The maximum Gasteiger partial charge on any atom is 0.309 e. The predicted molar refractivity (Wildman–Crippen MR) is 57.7 cm³/mol. The molecule has 1 N–H and O–H groups in total. The Morgan fingerprint density at radius 1 is 1.47 bits per heavy atom. The molecule has 2 rings (SSSR count). The van der Waals surface area contributed by atoms with E-state index in [0.717, 1.165) is 4.68 Å². The lowest BCUT2D eigenvalue weighted by molar-refractivity contribution is -0.136. The molecule has 0 saturated heterocycles. The van der Waals surface area contributed by atoms with E-state index >= 15 is 0 Å². The standard InChI is InChI=1S/C10H7ClFN3O2/c11-10-8(5-9(16)17)15(14-13-10)7-4-2-1-3-6(7)12/h1-4H,5H2,(H,16,17). The van der Waals surface area contributed by atoms with Crippen LogP contribution in [0.2, 0.25) is 5.15 Å². The summed E-state index contributed by atoms with van der Waals surface area (Å²) in [6.07, 6.45) is -0.375. The van der Waals surface area contributed by atoms with Gasteiger partial charge in [-0.15, -0.1) is 5.10 Å². The Labute approximate surface area is 100 Å². The maximum absolute atomic E-state index is 13.5. The summed E-state index contributed by atoms with van der Waals surface area (Å²) in [4.78, 5) is 10.7. The second-order valence-corrected chi connectivity index (χ2v) is 3.62. The van der Waals surface area contributed by atoms with Gasteiger partial charge >= 0.3 is 5.97 Å². The van der Waals surface area contributed by atoms with E-state index in [9.17, 15) is 9.18 Å². The molecule has 0 aliphatic heterocycles. The molecule has 0 spiro atoms. The molecule has 0 bridgehead atoms. The fourth-order valence-electron chi connectivity index (χ4n) is 1.39. The van der Waals surface area contributed by atoms with E-state index in [1.807, 2.05) is 0 Å². The van der Waals surface area contributed by atoms with Crippen LogP contribution in [0, 0.1) is 5.82 Å². The molecule has 0 saturated carbocycles. The Hall–Kier alpha value is -1.95. The van der Waals surface area contributed by atoms with Gasteiger partial charge in [0, 0.05) is 0 Å². The molecule has 7 heteroatoms. The highest BCUT2D eigenvalue weighted by atomic mass is 35.5. The molecule has 88 valence electrons. The monoisotopic (exact) mass is 255 g/mol. The molecule has 5 nitrogen and oxygen atoms in total. The molecule has 0 fully saturated rings. The van der Waals surface area contributed by atoms with E-state index < -0.39 is 11.8 Å². The molecule has 0 radical (unpaired) electrons. The molecule has 0 aliphatic rings. The van der Waals surface area contributed by atoms with E-state index in [1.165, 1.54) is 18.2 Å². The van der Waals surface area contributed by atoms with Gasteiger partial charge in [0.05, 0.1) is 12.1 Å². The minimum atomic E-state index is -1.09. The first kappa shape index (κ1) is 11.5. The van der Waals surface area contributed by atoms with Gasteiger partial charge in [-0.1, -0.05) is 28.9 Å². The summed E-state index contributed by atoms with van der Waals surface area (Å²) >= 11 is 5.71. The Morgan fingerprint density at radius 3 is 2.82 bits per heavy atom. The molecule has 1 aromatic heterocycles. The van der Waals surface area contributed by atoms with Crippen LogP contribution in [0.15, 0.2) is 24.3 Å². The molecule has 2 aromatic rings. The Balaban J connectivity index is 2.53. The topological polar surface area (TPSA) is 68.0 Å². The third-order valence-electron chi connectivity index (χ3n) is 2.12. The highest BCUT2D eigenvalue weighted by Gasteiger charge is 2.17. The second kappa shape index (κ2) is 4.50. The fourth-order valence-corrected chi connectivity index (χ4v) is 1.57. The van der Waals surface area contributed by atoms with Gasteiger partial charge in [0.1, 0.15) is 11.5 Å². The van der Waals surface area contributed by atoms with Crippen molar-refractivity contribution in [3.63, 3.8) is 0 Å². The molecule has 1 aromatic carbocycles. The summed E-state index contributed by atoms with van der Waals surface area (Å²) in [6, 6.07) is 5.84. The molecular weight excluding hydrogens is 249 g/mol. The third-order valence-corrected chi connectivity index (χ3v) is 2.41. The summed E-state index contributed by atoms with van der Waals surface area (Å²) < 4.78 is 14.6. The van der Waals surface area contributed by atoms with Crippen molar-refractivity contribution < 1.29 is 14.3 Å². The lowest BCUT2D eigenvalue weighted by Gasteiger charge is -2.05. The average molecular weight is 256 g/mol. The van der Waals surface area contributed by atoms with Crippen LogP contribution in [0.3, 0.4) is 0 Å². The molecule has 0 unspecified atom stereocenters. The first-order valence-electron chi connectivity index (χ1n) is 4.66. The lowest BCUT2D eigenvalue weighted by atomic mass is 10.2. The Morgan fingerprint density at radius 2 is 2.18 bits per heavy atom. The zero-order valence-corrected chi connectivity index (χ0v) is 9.23. The number of carboxylic acid groups (broad SMARTS) is 1. The van der Waals surface area contributed by atoms with Gasteiger partial charge in [0.2, 0.25) is 0 Å². The van der Waals surface area contributed by atoms with Gasteiger partial charge in [-0.2, -0.15) is 0 Å². The number of aromatic nitrogens is 3. The second-order valence-electron chi connectivity index (χ2n) is 3.26. The van der Waals surface area contributed by atoms with Gasteiger partial charge in [0.25, 0.3) is 0 Å². The van der Waals surface area contributed by atoms with Crippen molar-refractivity contribution in [2.24, 2.45) is 0 Å². The summed E-state index contributed by atoms with van der Waals surface area (Å²) in [5, 5.41) is 15.9. The number of para-hydroxylation sites is 1. The van der Waals surface area contributed by atoms with Crippen LogP contribution in [0.1, 0.15) is 5.69 Å². The zero-order chi connectivity index (χ0) is 12.4. The number of hydrogen-bond donors (Lipinski definition) is 1. The largest absolute Gasteiger partial charge is 0.481 e. The molecule has 1 heterocycles. The van der Waals surface area contributed by atoms with Crippen LogP contribution in [0.5, 0.6) is 0 Å². The normalized spacial score (nSPS) is 10.5. The van der Waals surface area contributed by atoms with E-state index in [-0.39, 0.29) is 23.0 Å². The molecule has 0 aliphatic carbocycles. The van der Waals surface area contributed by atoms with Crippen LogP contribution in [0.25, 0.3) is 5.69 Å². The maximum atomic E-state index is 13.5. The number of aliphatic carboxylic acids is 1. The SMILES string of the molecule is O=C(O)Cc1c(Cl)nnn1-c1ccccc1F. The van der Waals surface area contributed by atoms with Crippen LogP contribution in [0.4, 0.5) is 4.39 Å². The van der Waals surface area contributed by atoms with Crippen LogP contribution in [-0.2, 0) is 11.2 Å². The number of halogens is 2. The van der Waals surface area contributed by atoms with Crippen molar-refractivity contribution in [2.75, 3.05) is 0 Å². The number of nitrogens with zero attached hydrogens (tertiary/aromatic N) is 3. The van der Waals surface area contributed by atoms with Crippen molar-refractivity contribution in [3.8, 4) is 5.69 Å². The molecular formula is C10H7ClFN3O2. The number of rotatable bonds is 3. The van der Waals surface area contributed by atoms with Crippen molar-refractivity contribution >= 4 is 17.6 Å². The van der Waals surface area contributed by atoms with Crippen LogP contribution in [-0.4, -0.2) is 26.1 Å². The first-order chi connectivity index (χ1) is 8.09. The third kappa shape index (κ3) is 2.26. The van der Waals surface area contributed by atoms with Gasteiger partial charge in [-0.3, -0.25) is 4.79 Å². The zero-order valence-electron chi connectivity index (χ0n) is 8.47. The Kier molecular flexibility index (Phi) is 3.06. The van der Waals surface area contributed by atoms with E-state index in [1.54, 1.807) is 6.07 Å². The fraction of sp³-hybridized carbons (Fsp3) is 0.100. The number of carbonyl (C=O) groups is 1. The first-order valence-corrected chi connectivity index (χ1v) is 5.04. The van der Waals surface area contributed by atoms with E-state index in [4.69, 9.17) is 16.7 Å². The number of hydrogen-bond acceptors (Lipinski definition) is 3. The van der Waals surface area contributed by atoms with Crippen LogP contribution < -0.4 is 0 Å². The molecule has 17 heavy (non-hydrogen) atoms. The van der Waals surface area contributed by atoms with E-state index in [0.29, 0.717) is 0 Å². The van der Waals surface area contributed by atoms with Gasteiger partial charge < -0.3 is 5.11 Å². The number of benzene rings is 1. The molecule has 0 amide bonds. The van der Waals surface area contributed by atoms with Crippen molar-refractivity contribution in [1.29, 1.82) is 0 Å². The summed E-state index contributed by atoms with van der Waals surface area (Å²) in [7, 11) is 0. The van der Waals surface area contributed by atoms with Gasteiger partial charge in [-0.05, 0) is 12.1 Å². The minimum Gasteiger partial charge on any atom is -0.481 e. The lowest BCUT2D eigenvalue weighted by Crippen LogP contribution is -2.09. The van der Waals surface area contributed by atoms with Crippen molar-refractivity contribution in [1.82, 2.24) is 15.0 Å². The quantitative estimate of drug-likeness (QED) is 0.906. The highest BCUT2D eigenvalue weighted by molar-refractivity contribution is 6.30. The summed E-state index contributed by atoms with van der Waals surface area (Å²) in [5.41, 5.74) is 0.257. The predicted octanol–water partition coefficient (Wildman–Crippen LogP) is 1.69. The van der Waals surface area contributed by atoms with E-state index in [2.05, 4.69) is 10.3 Å². The average Bonchev–Trinajstić information content (AvgIpc) is 2.61. The smallest absolute Gasteiger partial charge is 0.309 e. The van der Waals surface area contributed by atoms with Gasteiger partial charge in [0.15, 0.2) is 5.15 Å². The number of carboxylic acids is 1. The highest BCUT2D eigenvalue weighted by Crippen LogP contribution is 2.19. The van der Waals surface area contributed by atoms with Crippen LogP contribution >= 0.6 is 11.6 Å². The minimum absolute atomic E-state index is 0.0457.